The van der Waals surface area contributed by atoms with Gasteiger partial charge in [-0.3, -0.25) is 4.99 Å². The first-order chi connectivity index (χ1) is 13.2. The number of hydrogen-bond acceptors (Lipinski definition) is 3. The fourth-order valence-corrected chi connectivity index (χ4v) is 5.02. The zero-order valence-electron chi connectivity index (χ0n) is 17.2. The van der Waals surface area contributed by atoms with Crippen molar-refractivity contribution in [3.05, 3.63) is 11.6 Å². The summed E-state index contributed by atoms with van der Waals surface area (Å²) in [7, 11) is 0. The van der Waals surface area contributed by atoms with Gasteiger partial charge in [0.2, 0.25) is 0 Å². The Morgan fingerprint density at radius 1 is 1.15 bits per heavy atom. The van der Waals surface area contributed by atoms with E-state index in [-0.39, 0.29) is 0 Å². The normalized spacial score (nSPS) is 28.9. The Labute approximate surface area is 163 Å². The number of aromatic nitrogens is 3. The van der Waals surface area contributed by atoms with E-state index in [0.717, 1.165) is 55.4 Å². The number of hydrogen-bond donors (Lipinski definition) is 2. The Morgan fingerprint density at radius 2 is 1.96 bits per heavy atom. The van der Waals surface area contributed by atoms with E-state index in [2.05, 4.69) is 46.2 Å². The van der Waals surface area contributed by atoms with Gasteiger partial charge >= 0.3 is 0 Å². The largest absolute Gasteiger partial charge is 0.353 e. The number of nitrogens with zero attached hydrogens (tertiary/aromatic N) is 4. The first kappa shape index (κ1) is 18.8. The Hall–Kier alpha value is -1.59. The van der Waals surface area contributed by atoms with Gasteiger partial charge in [-0.2, -0.15) is 0 Å². The van der Waals surface area contributed by atoms with Crippen LogP contribution in [0.5, 0.6) is 0 Å². The molecular formula is C21H36N6. The summed E-state index contributed by atoms with van der Waals surface area (Å²) in [5, 5.41) is 16.2. The third-order valence-electron chi connectivity index (χ3n) is 6.57. The van der Waals surface area contributed by atoms with Crippen molar-refractivity contribution in [3.8, 4) is 0 Å². The van der Waals surface area contributed by atoms with Gasteiger partial charge in [-0.1, -0.05) is 46.0 Å². The van der Waals surface area contributed by atoms with Crippen LogP contribution in [0.4, 0.5) is 0 Å². The van der Waals surface area contributed by atoms with Crippen molar-refractivity contribution in [3.63, 3.8) is 0 Å². The molecule has 0 saturated heterocycles. The monoisotopic (exact) mass is 372 g/mol. The van der Waals surface area contributed by atoms with Crippen molar-refractivity contribution in [2.75, 3.05) is 6.54 Å². The lowest BCUT2D eigenvalue weighted by Gasteiger charge is -2.28. The smallest absolute Gasteiger partial charge is 0.191 e. The van der Waals surface area contributed by atoms with Crippen LogP contribution in [0.2, 0.25) is 0 Å². The average molecular weight is 373 g/mol. The maximum absolute atomic E-state index is 4.73. The number of guanidine groups is 1. The quantitative estimate of drug-likeness (QED) is 0.615. The highest BCUT2D eigenvalue weighted by atomic mass is 15.3. The summed E-state index contributed by atoms with van der Waals surface area (Å²) >= 11 is 0. The van der Waals surface area contributed by atoms with Crippen LogP contribution >= 0.6 is 0 Å². The molecule has 2 fully saturated rings. The number of aryl methyl sites for hydroxylation is 1. The second-order valence-electron chi connectivity index (χ2n) is 8.99. The van der Waals surface area contributed by atoms with E-state index in [9.17, 15) is 0 Å². The predicted molar refractivity (Wildman–Crippen MR) is 109 cm³/mol. The lowest BCUT2D eigenvalue weighted by molar-refractivity contribution is 0.315. The molecule has 1 aromatic heterocycles. The number of nitrogens with one attached hydrogen (secondary N) is 2. The van der Waals surface area contributed by atoms with Crippen molar-refractivity contribution < 1.29 is 0 Å². The van der Waals surface area contributed by atoms with Crippen molar-refractivity contribution in [1.29, 1.82) is 0 Å². The molecule has 1 aliphatic heterocycles. The fourth-order valence-electron chi connectivity index (χ4n) is 5.02. The van der Waals surface area contributed by atoms with E-state index in [1.54, 1.807) is 0 Å². The van der Waals surface area contributed by atoms with Crippen LogP contribution in [0.1, 0.15) is 83.3 Å². The fraction of sp³-hybridized carbons (Fsp3) is 0.857. The van der Waals surface area contributed by atoms with E-state index < -0.39 is 0 Å². The van der Waals surface area contributed by atoms with Crippen molar-refractivity contribution in [2.24, 2.45) is 16.8 Å². The van der Waals surface area contributed by atoms with E-state index in [1.807, 2.05) is 0 Å². The molecule has 0 spiro atoms. The van der Waals surface area contributed by atoms with Gasteiger partial charge in [0.15, 0.2) is 5.96 Å². The molecule has 2 N–H and O–H groups in total. The zero-order valence-corrected chi connectivity index (χ0v) is 17.2. The van der Waals surface area contributed by atoms with Crippen LogP contribution in [-0.2, 0) is 13.0 Å². The number of rotatable bonds is 5. The topological polar surface area (TPSA) is 67.1 Å². The van der Waals surface area contributed by atoms with E-state index in [4.69, 9.17) is 4.99 Å². The van der Waals surface area contributed by atoms with Crippen molar-refractivity contribution >= 4 is 5.96 Å². The molecule has 3 atom stereocenters. The molecule has 0 bridgehead atoms. The van der Waals surface area contributed by atoms with Gasteiger partial charge in [-0.15, -0.1) is 10.2 Å². The highest BCUT2D eigenvalue weighted by molar-refractivity contribution is 5.80. The van der Waals surface area contributed by atoms with Crippen LogP contribution in [-0.4, -0.2) is 39.4 Å². The number of aliphatic imine (C=N–C) groups is 1. The second-order valence-corrected chi connectivity index (χ2v) is 8.99. The molecular weight excluding hydrogens is 336 g/mol. The molecule has 6 nitrogen and oxygen atoms in total. The summed E-state index contributed by atoms with van der Waals surface area (Å²) in [6.45, 7) is 8.26. The molecule has 3 aliphatic rings. The first-order valence-corrected chi connectivity index (χ1v) is 11.1. The molecule has 150 valence electrons. The minimum Gasteiger partial charge on any atom is -0.353 e. The molecule has 6 heteroatoms. The summed E-state index contributed by atoms with van der Waals surface area (Å²) in [5.41, 5.74) is 0. The summed E-state index contributed by atoms with van der Waals surface area (Å²) in [6.07, 6.45) is 10.6. The summed E-state index contributed by atoms with van der Waals surface area (Å²) in [5.74, 6) is 5.48. The van der Waals surface area contributed by atoms with Crippen LogP contribution in [0.3, 0.4) is 0 Å². The Morgan fingerprint density at radius 3 is 2.70 bits per heavy atom. The zero-order chi connectivity index (χ0) is 18.8. The minimum atomic E-state index is 0.399. The van der Waals surface area contributed by atoms with Gasteiger partial charge < -0.3 is 15.2 Å². The van der Waals surface area contributed by atoms with Gasteiger partial charge in [0, 0.05) is 37.5 Å². The third-order valence-corrected chi connectivity index (χ3v) is 6.57. The highest BCUT2D eigenvalue weighted by Crippen LogP contribution is 2.44. The Bertz CT molecular complexity index is 658. The van der Waals surface area contributed by atoms with Crippen molar-refractivity contribution in [1.82, 2.24) is 25.4 Å². The minimum absolute atomic E-state index is 0.399. The van der Waals surface area contributed by atoms with Gasteiger partial charge in [-0.25, -0.2) is 0 Å². The van der Waals surface area contributed by atoms with Crippen LogP contribution in [0.25, 0.3) is 0 Å². The summed E-state index contributed by atoms with van der Waals surface area (Å²) in [4.78, 5) is 4.73. The molecule has 4 rings (SSSR count). The molecule has 1 aromatic rings. The van der Waals surface area contributed by atoms with Gasteiger partial charge in [0.05, 0.1) is 0 Å². The van der Waals surface area contributed by atoms with Crippen LogP contribution in [0.15, 0.2) is 4.99 Å². The van der Waals surface area contributed by atoms with Crippen molar-refractivity contribution in [2.45, 2.75) is 96.7 Å². The van der Waals surface area contributed by atoms with Gasteiger partial charge in [0.1, 0.15) is 11.6 Å². The van der Waals surface area contributed by atoms with Gasteiger partial charge in [-0.05, 0) is 31.6 Å². The highest BCUT2D eigenvalue weighted by Gasteiger charge is 2.43. The standard InChI is InChI=1S/C21H36N6/c1-4-22-21(24-18-12-17(18)15-8-6-5-7-9-15)23-16-10-11-19-25-26-20(14(2)3)27(19)13-16/h14-18H,4-13H2,1-3H3,(H2,22,23,24). The Kier molecular flexibility index (Phi) is 5.69. The first-order valence-electron chi connectivity index (χ1n) is 11.1. The Balaban J connectivity index is 1.34. The molecule has 3 unspecified atom stereocenters. The molecule has 0 amide bonds. The summed E-state index contributed by atoms with van der Waals surface area (Å²) in [6, 6.07) is 1.03. The van der Waals surface area contributed by atoms with E-state index in [1.165, 1.54) is 38.5 Å². The second kappa shape index (κ2) is 8.19. The van der Waals surface area contributed by atoms with Crippen LogP contribution < -0.4 is 10.6 Å². The SMILES string of the molecule is CCN=C(NC1CCc2nnc(C(C)C)n2C1)NC1CC1C1CCCCC1. The molecule has 27 heavy (non-hydrogen) atoms. The molecule has 2 heterocycles. The lowest BCUT2D eigenvalue weighted by atomic mass is 9.85. The summed E-state index contributed by atoms with van der Waals surface area (Å²) < 4.78 is 2.32. The lowest BCUT2D eigenvalue weighted by Crippen LogP contribution is -2.48. The number of fused-ring (bicyclic) bond motifs is 1. The molecule has 0 aromatic carbocycles. The van der Waals surface area contributed by atoms with E-state index >= 15 is 0 Å². The third kappa shape index (κ3) is 4.30. The molecule has 2 saturated carbocycles. The average Bonchev–Trinajstić information content (AvgIpc) is 3.30. The van der Waals surface area contributed by atoms with Crippen LogP contribution in [0, 0.1) is 11.8 Å². The molecule has 2 aliphatic carbocycles. The van der Waals surface area contributed by atoms with E-state index in [0.29, 0.717) is 18.0 Å². The maximum Gasteiger partial charge on any atom is 0.191 e. The predicted octanol–water partition coefficient (Wildman–Crippen LogP) is 3.24. The van der Waals surface area contributed by atoms with Gasteiger partial charge in [0.25, 0.3) is 0 Å². The molecule has 0 radical (unpaired) electrons. The maximum atomic E-state index is 4.73.